The van der Waals surface area contributed by atoms with Crippen molar-refractivity contribution in [1.82, 2.24) is 4.57 Å². The van der Waals surface area contributed by atoms with Gasteiger partial charge < -0.3 is 9.47 Å². The minimum atomic E-state index is -0.365. The molecule has 0 spiro atoms. The van der Waals surface area contributed by atoms with Crippen molar-refractivity contribution in [1.29, 1.82) is 0 Å². The number of nitrogens with zero attached hydrogens (tertiary/aromatic N) is 2. The lowest BCUT2D eigenvalue weighted by molar-refractivity contribution is -0.677. The van der Waals surface area contributed by atoms with E-state index in [-0.39, 0.29) is 22.8 Å². The first-order valence-corrected chi connectivity index (χ1v) is 9.70. The Kier molecular flexibility index (Phi) is 10.3. The van der Waals surface area contributed by atoms with Crippen molar-refractivity contribution in [2.45, 2.75) is 74.3 Å². The van der Waals surface area contributed by atoms with Gasteiger partial charge in [0.15, 0.2) is 0 Å². The maximum atomic E-state index is 11.7. The summed E-state index contributed by atoms with van der Waals surface area (Å²) in [5.74, 6) is 0.972. The highest BCUT2D eigenvalue weighted by Crippen LogP contribution is 2.21. The van der Waals surface area contributed by atoms with Gasteiger partial charge in [0.1, 0.15) is 12.4 Å². The topological polar surface area (TPSA) is 61.4 Å². The van der Waals surface area contributed by atoms with Gasteiger partial charge >= 0.3 is 11.9 Å². The average Bonchev–Trinajstić information content (AvgIpc) is 2.96. The Morgan fingerprint density at radius 3 is 1.96 bits per heavy atom. The van der Waals surface area contributed by atoms with Crippen molar-refractivity contribution in [3.05, 3.63) is 18.2 Å². The Morgan fingerprint density at radius 1 is 1.07 bits per heavy atom. The van der Waals surface area contributed by atoms with Gasteiger partial charge in [-0.1, -0.05) is 13.8 Å². The van der Waals surface area contributed by atoms with Crippen LogP contribution >= 0.6 is 0 Å². The molecule has 0 N–H and O–H groups in total. The van der Waals surface area contributed by atoms with Gasteiger partial charge in [0.2, 0.25) is 0 Å². The van der Waals surface area contributed by atoms with Crippen molar-refractivity contribution in [3.63, 3.8) is 0 Å². The number of hydrogen-bond donors (Lipinski definition) is 0. The Labute approximate surface area is 164 Å². The highest BCUT2D eigenvalue weighted by Gasteiger charge is 2.27. The molecule has 156 valence electrons. The van der Waals surface area contributed by atoms with Crippen LogP contribution in [-0.2, 0) is 32.7 Å². The normalized spacial score (nSPS) is 11.4. The fourth-order valence-electron chi connectivity index (χ4n) is 2.00. The quantitative estimate of drug-likeness (QED) is 0.391. The standard InChI is InChI=1S/C14H25N2O2.C7H14O2/c1-6-14(3,4)13(17)18-11-7-8-16-10-9-15(5)12(16)2;1-5-7(2,3)6(8)9-4/h9-10H,6-8,11H2,1-5H3;5H2,1-4H3/q+1;. The highest BCUT2D eigenvalue weighted by atomic mass is 16.5. The maximum absolute atomic E-state index is 11.7. The Hall–Kier alpha value is -1.85. The zero-order valence-electron chi connectivity index (χ0n) is 18.7. The van der Waals surface area contributed by atoms with Crippen LogP contribution in [0.15, 0.2) is 12.4 Å². The van der Waals surface area contributed by atoms with E-state index in [2.05, 4.69) is 20.8 Å². The molecule has 1 aromatic rings. The monoisotopic (exact) mass is 383 g/mol. The summed E-state index contributed by atoms with van der Waals surface area (Å²) in [6.07, 6.45) is 6.55. The van der Waals surface area contributed by atoms with Gasteiger partial charge in [-0.3, -0.25) is 9.59 Å². The Bertz CT molecular complexity index is 603. The molecule has 6 nitrogen and oxygen atoms in total. The SMILES string of the molecule is CCC(C)(C)C(=O)OC.CCC(C)(C)C(=O)OCCCn1cc[n+](C)c1C. The molecule has 0 saturated heterocycles. The second-order valence-electron chi connectivity index (χ2n) is 8.11. The largest absolute Gasteiger partial charge is 0.469 e. The van der Waals surface area contributed by atoms with Crippen molar-refractivity contribution >= 4 is 11.9 Å². The number of methoxy groups -OCH3 is 1. The van der Waals surface area contributed by atoms with Gasteiger partial charge in [-0.25, -0.2) is 9.13 Å². The molecule has 6 heteroatoms. The summed E-state index contributed by atoms with van der Waals surface area (Å²) < 4.78 is 14.1. The van der Waals surface area contributed by atoms with Gasteiger partial charge in [-0.15, -0.1) is 0 Å². The third-order valence-corrected chi connectivity index (χ3v) is 5.23. The lowest BCUT2D eigenvalue weighted by atomic mass is 9.91. The molecule has 0 fully saturated rings. The lowest BCUT2D eigenvalue weighted by Gasteiger charge is -2.20. The first-order chi connectivity index (χ1) is 12.4. The molecule has 1 rings (SSSR count). The molecule has 0 aliphatic carbocycles. The summed E-state index contributed by atoms with van der Waals surface area (Å²) in [4.78, 5) is 22.6. The van der Waals surface area contributed by atoms with Gasteiger partial charge in [-0.2, -0.15) is 0 Å². The van der Waals surface area contributed by atoms with E-state index in [0.717, 1.165) is 25.8 Å². The zero-order valence-corrected chi connectivity index (χ0v) is 18.7. The molecule has 0 radical (unpaired) electrons. The molecule has 1 aromatic heterocycles. The number of hydrogen-bond acceptors (Lipinski definition) is 4. The average molecular weight is 384 g/mol. The van der Waals surface area contributed by atoms with Gasteiger partial charge in [0, 0.05) is 13.3 Å². The minimum Gasteiger partial charge on any atom is -0.469 e. The van der Waals surface area contributed by atoms with E-state index in [0.29, 0.717) is 6.61 Å². The number of esters is 2. The third kappa shape index (κ3) is 8.14. The summed E-state index contributed by atoms with van der Waals surface area (Å²) >= 11 is 0. The molecule has 0 saturated carbocycles. The molecule has 0 atom stereocenters. The van der Waals surface area contributed by atoms with Gasteiger partial charge in [0.25, 0.3) is 5.82 Å². The summed E-state index contributed by atoms with van der Waals surface area (Å²) in [6.45, 7) is 15.0. The molecule has 0 bridgehead atoms. The molecule has 27 heavy (non-hydrogen) atoms. The zero-order chi connectivity index (χ0) is 21.3. The van der Waals surface area contributed by atoms with Crippen molar-refractivity contribution in [2.75, 3.05) is 13.7 Å². The van der Waals surface area contributed by atoms with Crippen LogP contribution in [0, 0.1) is 17.8 Å². The second kappa shape index (κ2) is 11.1. The van der Waals surface area contributed by atoms with E-state index in [1.807, 2.05) is 61.0 Å². The number of carbonyl (C=O) groups is 2. The third-order valence-electron chi connectivity index (χ3n) is 5.23. The van der Waals surface area contributed by atoms with Crippen LogP contribution < -0.4 is 4.57 Å². The summed E-state index contributed by atoms with van der Waals surface area (Å²) in [5, 5.41) is 0. The minimum absolute atomic E-state index is 0.0974. The van der Waals surface area contributed by atoms with Gasteiger partial charge in [-0.05, 0) is 40.5 Å². The molecule has 0 aromatic carbocycles. The van der Waals surface area contributed by atoms with Gasteiger partial charge in [0.05, 0.1) is 38.1 Å². The predicted molar refractivity (Wildman–Crippen MR) is 106 cm³/mol. The van der Waals surface area contributed by atoms with Crippen molar-refractivity contribution in [2.24, 2.45) is 17.9 Å². The van der Waals surface area contributed by atoms with Crippen LogP contribution in [0.3, 0.4) is 0 Å². The molecule has 0 amide bonds. The van der Waals surface area contributed by atoms with Crippen LogP contribution in [-0.4, -0.2) is 30.2 Å². The maximum Gasteiger partial charge on any atom is 0.311 e. The summed E-state index contributed by atoms with van der Waals surface area (Å²) in [5.41, 5.74) is -0.676. The molecular formula is C21H39N2O4+. The van der Waals surface area contributed by atoms with Crippen LogP contribution in [0.1, 0.15) is 66.6 Å². The highest BCUT2D eigenvalue weighted by molar-refractivity contribution is 5.76. The smallest absolute Gasteiger partial charge is 0.311 e. The number of aryl methyl sites for hydroxylation is 2. The fourth-order valence-corrected chi connectivity index (χ4v) is 2.00. The van der Waals surface area contributed by atoms with Crippen LogP contribution in [0.25, 0.3) is 0 Å². The van der Waals surface area contributed by atoms with Crippen molar-refractivity contribution in [3.8, 4) is 0 Å². The van der Waals surface area contributed by atoms with E-state index < -0.39 is 0 Å². The summed E-state index contributed by atoms with van der Waals surface area (Å²) in [7, 11) is 3.44. The Morgan fingerprint density at radius 2 is 1.59 bits per heavy atom. The number of carbonyl (C=O) groups excluding carboxylic acids is 2. The van der Waals surface area contributed by atoms with E-state index in [4.69, 9.17) is 4.74 Å². The molecule has 1 heterocycles. The molecule has 0 unspecified atom stereocenters. The predicted octanol–water partition coefficient (Wildman–Crippen LogP) is 3.59. The van der Waals surface area contributed by atoms with E-state index in [9.17, 15) is 9.59 Å². The Balaban J connectivity index is 0.000000636. The fraction of sp³-hybridized carbons (Fsp3) is 0.762. The second-order valence-corrected chi connectivity index (χ2v) is 8.11. The van der Waals surface area contributed by atoms with Crippen LogP contribution in [0.2, 0.25) is 0 Å². The van der Waals surface area contributed by atoms with Crippen molar-refractivity contribution < 1.29 is 23.6 Å². The lowest BCUT2D eigenvalue weighted by Crippen LogP contribution is -2.30. The number of rotatable bonds is 8. The van der Waals surface area contributed by atoms with Crippen LogP contribution in [0.5, 0.6) is 0 Å². The summed E-state index contributed by atoms with van der Waals surface area (Å²) in [6, 6.07) is 0. The number of aromatic nitrogens is 2. The van der Waals surface area contributed by atoms with E-state index in [1.54, 1.807) is 0 Å². The van der Waals surface area contributed by atoms with E-state index in [1.165, 1.54) is 12.9 Å². The molecule has 0 aliphatic heterocycles. The van der Waals surface area contributed by atoms with E-state index >= 15 is 0 Å². The molecular weight excluding hydrogens is 344 g/mol. The number of ether oxygens (including phenoxy) is 2. The first kappa shape index (κ1) is 25.1. The van der Waals surface area contributed by atoms with Crippen LogP contribution in [0.4, 0.5) is 0 Å². The number of imidazole rings is 1. The molecule has 0 aliphatic rings. The first-order valence-electron chi connectivity index (χ1n) is 9.70.